The summed E-state index contributed by atoms with van der Waals surface area (Å²) in [7, 11) is 0. The van der Waals surface area contributed by atoms with Crippen LogP contribution >= 0.6 is 11.8 Å². The number of nitrogens with zero attached hydrogens (tertiary/aromatic N) is 2. The molecule has 0 N–H and O–H groups in total. The molecule has 2 rings (SSSR count). The normalized spacial score (nSPS) is 15.2. The predicted octanol–water partition coefficient (Wildman–Crippen LogP) is 3.83. The third-order valence-corrected chi connectivity index (χ3v) is 4.03. The lowest BCUT2D eigenvalue weighted by Gasteiger charge is -2.29. The number of hydrogen-bond donors (Lipinski definition) is 0. The molecule has 0 saturated heterocycles. The number of rotatable bonds is 3. The highest BCUT2D eigenvalue weighted by Crippen LogP contribution is 2.31. The van der Waals surface area contributed by atoms with Crippen molar-refractivity contribution in [3.05, 3.63) is 35.4 Å². The average molecular weight is 258 g/mol. The third kappa shape index (κ3) is 2.70. The molecule has 0 radical (unpaired) electrons. The van der Waals surface area contributed by atoms with Crippen molar-refractivity contribution in [2.45, 2.75) is 25.2 Å². The van der Waals surface area contributed by atoms with E-state index in [-0.39, 0.29) is 0 Å². The first kappa shape index (κ1) is 13.0. The topological polar surface area (TPSA) is 27.0 Å². The lowest BCUT2D eigenvalue weighted by molar-refractivity contribution is 0.789. The highest BCUT2D eigenvalue weighted by molar-refractivity contribution is 7.99. The van der Waals surface area contributed by atoms with E-state index in [1.54, 1.807) is 11.8 Å². The van der Waals surface area contributed by atoms with Crippen LogP contribution in [0.1, 0.15) is 25.8 Å². The molecule has 2 nitrogen and oxygen atoms in total. The molecular weight excluding hydrogens is 240 g/mol. The third-order valence-electron chi connectivity index (χ3n) is 3.09. The van der Waals surface area contributed by atoms with E-state index in [0.717, 1.165) is 41.4 Å². The largest absolute Gasteiger partial charge is 0.366 e. The lowest BCUT2D eigenvalue weighted by atomic mass is 10.1. The number of thioether (sulfide) groups is 1. The van der Waals surface area contributed by atoms with E-state index in [9.17, 15) is 5.26 Å². The Labute approximate surface area is 113 Å². The maximum absolute atomic E-state index is 9.42. The van der Waals surface area contributed by atoms with Gasteiger partial charge in [0.25, 0.3) is 0 Å². The maximum atomic E-state index is 9.42. The van der Waals surface area contributed by atoms with Crippen LogP contribution in [0.2, 0.25) is 0 Å². The van der Waals surface area contributed by atoms with Gasteiger partial charge >= 0.3 is 0 Å². The fourth-order valence-electron chi connectivity index (χ4n) is 2.29. The summed E-state index contributed by atoms with van der Waals surface area (Å²) in [6.07, 6.45) is 3.36. The first-order valence-electron chi connectivity index (χ1n) is 6.32. The fraction of sp³-hybridized carbons (Fsp3) is 0.400. The Bertz CT molecular complexity index is 500. The van der Waals surface area contributed by atoms with Gasteiger partial charge in [0, 0.05) is 18.0 Å². The van der Waals surface area contributed by atoms with Crippen LogP contribution in [-0.4, -0.2) is 18.8 Å². The van der Waals surface area contributed by atoms with E-state index in [0.29, 0.717) is 0 Å². The summed E-state index contributed by atoms with van der Waals surface area (Å²) in [4.78, 5) is 3.41. The molecule has 1 aliphatic rings. The first-order chi connectivity index (χ1) is 8.76. The highest BCUT2D eigenvalue weighted by Gasteiger charge is 2.16. The summed E-state index contributed by atoms with van der Waals surface area (Å²) < 4.78 is 0. The molecule has 18 heavy (non-hydrogen) atoms. The Hall–Kier alpha value is -1.40. The van der Waals surface area contributed by atoms with E-state index in [4.69, 9.17) is 0 Å². The Morgan fingerprint density at radius 3 is 2.94 bits per heavy atom. The van der Waals surface area contributed by atoms with Crippen LogP contribution in [0.3, 0.4) is 0 Å². The van der Waals surface area contributed by atoms with Gasteiger partial charge in [-0.05, 0) is 31.2 Å². The van der Waals surface area contributed by atoms with Crippen LogP contribution < -0.4 is 4.90 Å². The van der Waals surface area contributed by atoms with E-state index >= 15 is 0 Å². The molecule has 0 amide bonds. The van der Waals surface area contributed by atoms with Crippen molar-refractivity contribution in [2.75, 3.05) is 23.7 Å². The van der Waals surface area contributed by atoms with E-state index < -0.39 is 0 Å². The summed E-state index contributed by atoms with van der Waals surface area (Å²) in [6, 6.07) is 8.55. The van der Waals surface area contributed by atoms with Crippen LogP contribution in [0.25, 0.3) is 0 Å². The molecule has 0 atom stereocenters. The van der Waals surface area contributed by atoms with Crippen molar-refractivity contribution in [3.63, 3.8) is 0 Å². The quantitative estimate of drug-likeness (QED) is 0.609. The fourth-order valence-corrected chi connectivity index (χ4v) is 3.07. The summed E-state index contributed by atoms with van der Waals surface area (Å²) >= 11 is 1.74. The molecule has 0 bridgehead atoms. The maximum Gasteiger partial charge on any atom is 0.103 e. The number of benzene rings is 1. The molecule has 3 heteroatoms. The zero-order valence-electron chi connectivity index (χ0n) is 10.9. The summed E-state index contributed by atoms with van der Waals surface area (Å²) in [5.41, 5.74) is 3.31. The smallest absolute Gasteiger partial charge is 0.103 e. The predicted molar refractivity (Wildman–Crippen MR) is 78.1 cm³/mol. The Kier molecular flexibility index (Phi) is 4.33. The molecule has 1 heterocycles. The van der Waals surface area contributed by atoms with Crippen LogP contribution in [0.4, 0.5) is 5.69 Å². The van der Waals surface area contributed by atoms with Crippen molar-refractivity contribution in [2.24, 2.45) is 0 Å². The Morgan fingerprint density at radius 2 is 2.28 bits per heavy atom. The SMILES string of the molecule is CCSc1cccc(N2CCC=C(C)C2)c1C#N. The van der Waals surface area contributed by atoms with Crippen molar-refractivity contribution < 1.29 is 0 Å². The van der Waals surface area contributed by atoms with Crippen LogP contribution in [0, 0.1) is 11.3 Å². The average Bonchev–Trinajstić information content (AvgIpc) is 2.39. The van der Waals surface area contributed by atoms with E-state index in [1.165, 1.54) is 5.57 Å². The lowest BCUT2D eigenvalue weighted by Crippen LogP contribution is -2.29. The Balaban J connectivity index is 2.36. The van der Waals surface area contributed by atoms with Gasteiger partial charge in [0.15, 0.2) is 0 Å². The molecule has 0 fully saturated rings. The van der Waals surface area contributed by atoms with Crippen molar-refractivity contribution in [1.82, 2.24) is 0 Å². The molecule has 0 aromatic heterocycles. The number of anilines is 1. The number of nitriles is 1. The minimum absolute atomic E-state index is 0.832. The van der Waals surface area contributed by atoms with Gasteiger partial charge in [-0.25, -0.2) is 0 Å². The Morgan fingerprint density at radius 1 is 1.44 bits per heavy atom. The van der Waals surface area contributed by atoms with Gasteiger partial charge < -0.3 is 4.90 Å². The molecule has 0 spiro atoms. The highest BCUT2D eigenvalue weighted by atomic mass is 32.2. The summed E-state index contributed by atoms with van der Waals surface area (Å²) in [5.74, 6) is 0.997. The van der Waals surface area contributed by atoms with Gasteiger partial charge in [0.1, 0.15) is 6.07 Å². The zero-order valence-corrected chi connectivity index (χ0v) is 11.8. The molecule has 1 aliphatic heterocycles. The zero-order chi connectivity index (χ0) is 13.0. The van der Waals surface area contributed by atoms with E-state index in [2.05, 4.69) is 43.0 Å². The second-order valence-corrected chi connectivity index (χ2v) is 5.76. The van der Waals surface area contributed by atoms with Crippen molar-refractivity contribution >= 4 is 17.4 Å². The summed E-state index contributed by atoms with van der Waals surface area (Å²) in [6.45, 7) is 6.22. The molecule has 1 aromatic rings. The molecule has 0 saturated carbocycles. The molecule has 0 unspecified atom stereocenters. The second-order valence-electron chi connectivity index (χ2n) is 4.46. The first-order valence-corrected chi connectivity index (χ1v) is 7.31. The van der Waals surface area contributed by atoms with Gasteiger partial charge in [-0.3, -0.25) is 0 Å². The van der Waals surface area contributed by atoms with Crippen molar-refractivity contribution in [1.29, 1.82) is 5.26 Å². The number of hydrogen-bond acceptors (Lipinski definition) is 3. The van der Waals surface area contributed by atoms with Crippen LogP contribution in [0.5, 0.6) is 0 Å². The minimum Gasteiger partial charge on any atom is -0.366 e. The minimum atomic E-state index is 0.832. The van der Waals surface area contributed by atoms with E-state index in [1.807, 2.05) is 6.07 Å². The second kappa shape index (κ2) is 5.97. The molecule has 94 valence electrons. The van der Waals surface area contributed by atoms with Gasteiger partial charge in [-0.15, -0.1) is 11.8 Å². The summed E-state index contributed by atoms with van der Waals surface area (Å²) in [5, 5.41) is 9.42. The molecule has 1 aromatic carbocycles. The van der Waals surface area contributed by atoms with Crippen LogP contribution in [-0.2, 0) is 0 Å². The van der Waals surface area contributed by atoms with Crippen LogP contribution in [0.15, 0.2) is 34.7 Å². The standard InChI is InChI=1S/C15H18N2S/c1-3-18-15-8-4-7-14(13(15)10-16)17-9-5-6-12(2)11-17/h4,6-8H,3,5,9,11H2,1-2H3. The monoisotopic (exact) mass is 258 g/mol. The van der Waals surface area contributed by atoms with Gasteiger partial charge in [-0.1, -0.05) is 24.6 Å². The van der Waals surface area contributed by atoms with Crippen molar-refractivity contribution in [3.8, 4) is 6.07 Å². The van der Waals surface area contributed by atoms with Gasteiger partial charge in [0.2, 0.25) is 0 Å². The molecular formula is C15H18N2S. The van der Waals surface area contributed by atoms with Gasteiger partial charge in [0.05, 0.1) is 11.3 Å². The molecule has 0 aliphatic carbocycles. The van der Waals surface area contributed by atoms with Gasteiger partial charge in [-0.2, -0.15) is 5.26 Å².